The van der Waals surface area contributed by atoms with Gasteiger partial charge in [-0.15, -0.1) is 0 Å². The fraction of sp³-hybridized carbons (Fsp3) is 0.500. The van der Waals surface area contributed by atoms with Crippen LogP contribution in [0.4, 0.5) is 11.5 Å². The minimum atomic E-state index is 0.551. The Hall–Kier alpha value is -1.76. The molecule has 0 radical (unpaired) electrons. The van der Waals surface area contributed by atoms with Crippen molar-refractivity contribution >= 4 is 11.5 Å². The molecule has 1 aromatic heterocycles. The predicted octanol–water partition coefficient (Wildman–Crippen LogP) is 1.92. The number of nitrogen functional groups attached to an aromatic ring is 1. The van der Waals surface area contributed by atoms with Gasteiger partial charge in [-0.1, -0.05) is 12.8 Å². The lowest BCUT2D eigenvalue weighted by molar-refractivity contribution is 0.726. The van der Waals surface area contributed by atoms with Crippen LogP contribution in [0.2, 0.25) is 0 Å². The Balaban J connectivity index is 2.28. The summed E-state index contributed by atoms with van der Waals surface area (Å²) in [6.45, 7) is 1.98. The van der Waals surface area contributed by atoms with E-state index < -0.39 is 0 Å². The largest absolute Gasteiger partial charge is 0.397 e. The maximum Gasteiger partial charge on any atom is 0.146 e. The van der Waals surface area contributed by atoms with E-state index in [2.05, 4.69) is 16.0 Å². The van der Waals surface area contributed by atoms with E-state index in [1.54, 1.807) is 12.3 Å². The average Bonchev–Trinajstić information content (AvgIpc) is 2.57. The number of rotatable bonds is 1. The third-order valence-electron chi connectivity index (χ3n) is 2.91. The van der Waals surface area contributed by atoms with Crippen LogP contribution in [-0.2, 0) is 0 Å². The second-order valence-electron chi connectivity index (χ2n) is 4.15. The van der Waals surface area contributed by atoms with E-state index in [4.69, 9.17) is 11.0 Å². The van der Waals surface area contributed by atoms with Gasteiger partial charge in [-0.25, -0.2) is 4.98 Å². The number of aromatic nitrogens is 1. The van der Waals surface area contributed by atoms with Crippen molar-refractivity contribution in [2.45, 2.75) is 25.7 Å². The smallest absolute Gasteiger partial charge is 0.146 e. The van der Waals surface area contributed by atoms with Crippen molar-refractivity contribution in [1.82, 2.24) is 4.98 Å². The first kappa shape index (κ1) is 10.7. The highest BCUT2D eigenvalue weighted by atomic mass is 15.2. The third-order valence-corrected chi connectivity index (χ3v) is 2.91. The molecule has 1 aromatic rings. The molecule has 1 aliphatic rings. The Morgan fingerprint density at radius 2 is 1.94 bits per heavy atom. The Bertz CT molecular complexity index is 400. The van der Waals surface area contributed by atoms with Gasteiger partial charge < -0.3 is 10.6 Å². The topological polar surface area (TPSA) is 65.9 Å². The van der Waals surface area contributed by atoms with Crippen LogP contribution in [0.5, 0.6) is 0 Å². The number of pyridine rings is 1. The highest BCUT2D eigenvalue weighted by Gasteiger charge is 2.14. The molecule has 0 atom stereocenters. The van der Waals surface area contributed by atoms with E-state index in [0.717, 1.165) is 18.9 Å². The molecule has 0 spiro atoms. The van der Waals surface area contributed by atoms with Crippen molar-refractivity contribution in [3.05, 3.63) is 17.8 Å². The number of anilines is 2. The summed E-state index contributed by atoms with van der Waals surface area (Å²) in [7, 11) is 0. The Morgan fingerprint density at radius 1 is 1.25 bits per heavy atom. The number of nitrogens with zero attached hydrogens (tertiary/aromatic N) is 3. The average molecular weight is 216 g/mol. The van der Waals surface area contributed by atoms with Gasteiger partial charge >= 0.3 is 0 Å². The van der Waals surface area contributed by atoms with Crippen LogP contribution < -0.4 is 10.6 Å². The summed E-state index contributed by atoms with van der Waals surface area (Å²) in [5, 5.41) is 9.07. The minimum absolute atomic E-state index is 0.551. The first-order chi connectivity index (χ1) is 7.81. The van der Waals surface area contributed by atoms with Crippen LogP contribution in [0.25, 0.3) is 0 Å². The van der Waals surface area contributed by atoms with E-state index in [9.17, 15) is 0 Å². The van der Waals surface area contributed by atoms with Gasteiger partial charge in [-0.05, 0) is 18.9 Å². The fourth-order valence-electron chi connectivity index (χ4n) is 2.09. The van der Waals surface area contributed by atoms with Gasteiger partial charge in [0, 0.05) is 13.1 Å². The molecule has 0 unspecified atom stereocenters. The van der Waals surface area contributed by atoms with Gasteiger partial charge in [0.1, 0.15) is 11.9 Å². The second kappa shape index (κ2) is 4.84. The minimum Gasteiger partial charge on any atom is -0.397 e. The lowest BCUT2D eigenvalue weighted by atomic mass is 10.2. The molecule has 1 fully saturated rings. The molecule has 84 valence electrons. The standard InChI is InChI=1S/C12H16N4/c13-8-10-7-11(14)9-15-12(10)16-5-3-1-2-4-6-16/h7,9H,1-6,14H2. The number of hydrogen-bond acceptors (Lipinski definition) is 4. The van der Waals surface area contributed by atoms with Crippen molar-refractivity contribution in [1.29, 1.82) is 5.26 Å². The highest BCUT2D eigenvalue weighted by molar-refractivity contribution is 5.58. The Labute approximate surface area is 95.7 Å². The molecule has 0 aliphatic carbocycles. The van der Waals surface area contributed by atoms with E-state index >= 15 is 0 Å². The highest BCUT2D eigenvalue weighted by Crippen LogP contribution is 2.22. The van der Waals surface area contributed by atoms with E-state index in [0.29, 0.717) is 11.3 Å². The predicted molar refractivity (Wildman–Crippen MR) is 64.0 cm³/mol. The molecule has 0 amide bonds. The molecule has 16 heavy (non-hydrogen) atoms. The molecular formula is C12H16N4. The van der Waals surface area contributed by atoms with Gasteiger partial charge in [0.05, 0.1) is 17.4 Å². The zero-order valence-electron chi connectivity index (χ0n) is 9.32. The summed E-state index contributed by atoms with van der Waals surface area (Å²) in [5.74, 6) is 0.790. The van der Waals surface area contributed by atoms with Crippen molar-refractivity contribution in [2.24, 2.45) is 0 Å². The van der Waals surface area contributed by atoms with Gasteiger partial charge in [0.25, 0.3) is 0 Å². The zero-order chi connectivity index (χ0) is 11.4. The van der Waals surface area contributed by atoms with Crippen LogP contribution in [0.3, 0.4) is 0 Å². The quantitative estimate of drug-likeness (QED) is 0.778. The SMILES string of the molecule is N#Cc1cc(N)cnc1N1CCCCCC1. The lowest BCUT2D eigenvalue weighted by Gasteiger charge is -2.22. The maximum atomic E-state index is 9.07. The van der Waals surface area contributed by atoms with Crippen molar-refractivity contribution in [3.8, 4) is 6.07 Å². The van der Waals surface area contributed by atoms with Crippen LogP contribution in [0.15, 0.2) is 12.3 Å². The van der Waals surface area contributed by atoms with Gasteiger partial charge in [-0.2, -0.15) is 5.26 Å². The molecule has 1 aliphatic heterocycles. The first-order valence-electron chi connectivity index (χ1n) is 5.72. The summed E-state index contributed by atoms with van der Waals surface area (Å²) in [4.78, 5) is 6.49. The molecule has 0 aromatic carbocycles. The van der Waals surface area contributed by atoms with Gasteiger partial charge in [0.15, 0.2) is 0 Å². The van der Waals surface area contributed by atoms with Gasteiger partial charge in [0.2, 0.25) is 0 Å². The van der Waals surface area contributed by atoms with E-state index in [-0.39, 0.29) is 0 Å². The maximum absolute atomic E-state index is 9.07. The summed E-state index contributed by atoms with van der Waals surface area (Å²) in [6.07, 6.45) is 6.52. The van der Waals surface area contributed by atoms with Crippen LogP contribution in [0, 0.1) is 11.3 Å². The second-order valence-corrected chi connectivity index (χ2v) is 4.15. The molecule has 1 saturated heterocycles. The number of nitrogens with two attached hydrogens (primary N) is 1. The van der Waals surface area contributed by atoms with Gasteiger partial charge in [-0.3, -0.25) is 0 Å². The van der Waals surface area contributed by atoms with Crippen LogP contribution in [0.1, 0.15) is 31.2 Å². The van der Waals surface area contributed by atoms with E-state index in [1.165, 1.54) is 25.7 Å². The normalized spacial score (nSPS) is 16.6. The Kier molecular flexibility index (Phi) is 3.25. The number of nitriles is 1. The molecule has 0 saturated carbocycles. The first-order valence-corrected chi connectivity index (χ1v) is 5.72. The summed E-state index contributed by atoms with van der Waals surface area (Å²) < 4.78 is 0. The Morgan fingerprint density at radius 3 is 2.56 bits per heavy atom. The van der Waals surface area contributed by atoms with Crippen LogP contribution >= 0.6 is 0 Å². The summed E-state index contributed by atoms with van der Waals surface area (Å²) >= 11 is 0. The summed E-state index contributed by atoms with van der Waals surface area (Å²) in [6, 6.07) is 3.87. The zero-order valence-corrected chi connectivity index (χ0v) is 9.32. The van der Waals surface area contributed by atoms with Crippen molar-refractivity contribution in [3.63, 3.8) is 0 Å². The molecule has 4 heteroatoms. The van der Waals surface area contributed by atoms with Crippen molar-refractivity contribution < 1.29 is 0 Å². The fourth-order valence-corrected chi connectivity index (χ4v) is 2.09. The molecule has 2 heterocycles. The molecular weight excluding hydrogens is 200 g/mol. The lowest BCUT2D eigenvalue weighted by Crippen LogP contribution is -2.25. The van der Waals surface area contributed by atoms with Crippen LogP contribution in [-0.4, -0.2) is 18.1 Å². The monoisotopic (exact) mass is 216 g/mol. The van der Waals surface area contributed by atoms with Crippen molar-refractivity contribution in [2.75, 3.05) is 23.7 Å². The molecule has 2 rings (SSSR count). The molecule has 4 nitrogen and oxygen atoms in total. The number of hydrogen-bond donors (Lipinski definition) is 1. The third kappa shape index (κ3) is 2.25. The molecule has 2 N–H and O–H groups in total. The summed E-state index contributed by atoms with van der Waals surface area (Å²) in [5.41, 5.74) is 6.77. The molecule has 0 bridgehead atoms. The van der Waals surface area contributed by atoms with E-state index in [1.807, 2.05) is 0 Å².